The van der Waals surface area contributed by atoms with Gasteiger partial charge in [0.15, 0.2) is 0 Å². The summed E-state index contributed by atoms with van der Waals surface area (Å²) in [5.41, 5.74) is 0.718. The Bertz CT molecular complexity index is 417. The molecule has 0 spiro atoms. The fourth-order valence-electron chi connectivity index (χ4n) is 1.58. The molecule has 0 aliphatic carbocycles. The SMILES string of the molecule is CCN(CCC(=O)O)C(=O)Cc1ccc(F)cc1. The Morgan fingerprint density at radius 3 is 2.39 bits per heavy atom. The quantitative estimate of drug-likeness (QED) is 0.839. The van der Waals surface area contributed by atoms with E-state index < -0.39 is 5.97 Å². The molecule has 0 aliphatic heterocycles. The van der Waals surface area contributed by atoms with Crippen LogP contribution in [-0.4, -0.2) is 35.0 Å². The number of benzene rings is 1. The number of carboxylic acid groups (broad SMARTS) is 1. The second kappa shape index (κ2) is 6.74. The molecule has 1 aromatic carbocycles. The highest BCUT2D eigenvalue weighted by Gasteiger charge is 2.13. The maximum atomic E-state index is 12.7. The Hall–Kier alpha value is -1.91. The lowest BCUT2D eigenvalue weighted by Gasteiger charge is -2.19. The van der Waals surface area contributed by atoms with Gasteiger partial charge in [-0.1, -0.05) is 12.1 Å². The van der Waals surface area contributed by atoms with E-state index in [0.29, 0.717) is 6.54 Å². The fourth-order valence-corrected chi connectivity index (χ4v) is 1.58. The van der Waals surface area contributed by atoms with Crippen LogP contribution in [0.1, 0.15) is 18.9 Å². The Morgan fingerprint density at radius 2 is 1.89 bits per heavy atom. The third kappa shape index (κ3) is 4.53. The lowest BCUT2D eigenvalue weighted by Crippen LogP contribution is -2.34. The Morgan fingerprint density at radius 1 is 1.28 bits per heavy atom. The topological polar surface area (TPSA) is 57.6 Å². The number of carboxylic acids is 1. The van der Waals surface area contributed by atoms with Crippen molar-refractivity contribution in [2.45, 2.75) is 19.8 Å². The normalized spacial score (nSPS) is 10.1. The molecule has 0 fully saturated rings. The third-order valence-corrected chi connectivity index (χ3v) is 2.60. The zero-order chi connectivity index (χ0) is 13.5. The third-order valence-electron chi connectivity index (χ3n) is 2.60. The molecule has 0 heterocycles. The molecule has 0 aromatic heterocycles. The summed E-state index contributed by atoms with van der Waals surface area (Å²) in [6, 6.07) is 5.71. The minimum Gasteiger partial charge on any atom is -0.481 e. The molecule has 0 saturated heterocycles. The highest BCUT2D eigenvalue weighted by atomic mass is 19.1. The Kier molecular flexibility index (Phi) is 5.30. The number of nitrogens with zero attached hydrogens (tertiary/aromatic N) is 1. The number of amides is 1. The van der Waals surface area contributed by atoms with E-state index in [1.165, 1.54) is 17.0 Å². The van der Waals surface area contributed by atoms with Gasteiger partial charge in [0.05, 0.1) is 12.8 Å². The number of likely N-dealkylation sites (N-methyl/N-ethyl adjacent to an activating group) is 1. The van der Waals surface area contributed by atoms with Gasteiger partial charge < -0.3 is 10.0 Å². The summed E-state index contributed by atoms with van der Waals surface area (Å²) in [5.74, 6) is -1.42. The highest BCUT2D eigenvalue weighted by Crippen LogP contribution is 2.06. The van der Waals surface area contributed by atoms with Gasteiger partial charge in [-0.2, -0.15) is 0 Å². The van der Waals surface area contributed by atoms with Crippen molar-refractivity contribution in [1.82, 2.24) is 4.90 Å². The van der Waals surface area contributed by atoms with Crippen LogP contribution in [0, 0.1) is 5.82 Å². The molecule has 0 radical (unpaired) electrons. The van der Waals surface area contributed by atoms with Crippen LogP contribution in [0.25, 0.3) is 0 Å². The van der Waals surface area contributed by atoms with Crippen LogP contribution in [0.3, 0.4) is 0 Å². The molecule has 0 unspecified atom stereocenters. The number of rotatable bonds is 6. The van der Waals surface area contributed by atoms with Crippen molar-refractivity contribution in [3.05, 3.63) is 35.6 Å². The van der Waals surface area contributed by atoms with Crippen molar-refractivity contribution in [3.63, 3.8) is 0 Å². The van der Waals surface area contributed by atoms with Gasteiger partial charge in [-0.15, -0.1) is 0 Å². The second-order valence-electron chi connectivity index (χ2n) is 3.92. The van der Waals surface area contributed by atoms with Crippen molar-refractivity contribution in [2.24, 2.45) is 0 Å². The maximum Gasteiger partial charge on any atom is 0.305 e. The van der Waals surface area contributed by atoms with E-state index in [4.69, 9.17) is 5.11 Å². The first-order valence-electron chi connectivity index (χ1n) is 5.77. The summed E-state index contributed by atoms with van der Waals surface area (Å²) in [6.45, 7) is 2.46. The lowest BCUT2D eigenvalue weighted by molar-refractivity contribution is -0.138. The first kappa shape index (κ1) is 14.2. The van der Waals surface area contributed by atoms with Crippen molar-refractivity contribution >= 4 is 11.9 Å². The van der Waals surface area contributed by atoms with Crippen molar-refractivity contribution in [1.29, 1.82) is 0 Å². The van der Waals surface area contributed by atoms with Crippen LogP contribution < -0.4 is 0 Å². The zero-order valence-corrected chi connectivity index (χ0v) is 10.2. The Balaban J connectivity index is 2.56. The predicted molar refractivity (Wildman–Crippen MR) is 64.6 cm³/mol. The summed E-state index contributed by atoms with van der Waals surface area (Å²) >= 11 is 0. The molecule has 0 saturated carbocycles. The molecule has 4 nitrogen and oxygen atoms in total. The van der Waals surface area contributed by atoms with Crippen LogP contribution in [0.15, 0.2) is 24.3 Å². The molecule has 98 valence electrons. The van der Waals surface area contributed by atoms with Gasteiger partial charge in [0.2, 0.25) is 5.91 Å². The molecule has 1 rings (SSSR count). The van der Waals surface area contributed by atoms with Crippen LogP contribution in [-0.2, 0) is 16.0 Å². The van der Waals surface area contributed by atoms with Gasteiger partial charge in [0.1, 0.15) is 5.82 Å². The Labute approximate surface area is 105 Å². The van der Waals surface area contributed by atoms with Crippen molar-refractivity contribution in [3.8, 4) is 0 Å². The summed E-state index contributed by atoms with van der Waals surface area (Å²) in [5, 5.41) is 8.58. The second-order valence-corrected chi connectivity index (χ2v) is 3.92. The number of hydrogen-bond acceptors (Lipinski definition) is 2. The molecule has 0 atom stereocenters. The average Bonchev–Trinajstić information content (AvgIpc) is 2.32. The van der Waals surface area contributed by atoms with Gasteiger partial charge in [0, 0.05) is 13.1 Å². The summed E-state index contributed by atoms with van der Waals surface area (Å²) < 4.78 is 12.7. The van der Waals surface area contributed by atoms with Crippen LogP contribution in [0.2, 0.25) is 0 Å². The highest BCUT2D eigenvalue weighted by molar-refractivity contribution is 5.79. The van der Waals surface area contributed by atoms with Gasteiger partial charge >= 0.3 is 5.97 Å². The summed E-state index contributed by atoms with van der Waals surface area (Å²) in [6.07, 6.45) is 0.0940. The number of carbonyl (C=O) groups is 2. The number of carbonyl (C=O) groups excluding carboxylic acids is 1. The van der Waals surface area contributed by atoms with E-state index in [0.717, 1.165) is 5.56 Å². The van der Waals surface area contributed by atoms with E-state index >= 15 is 0 Å². The largest absolute Gasteiger partial charge is 0.481 e. The number of halogens is 1. The molecule has 18 heavy (non-hydrogen) atoms. The van der Waals surface area contributed by atoms with Gasteiger partial charge in [-0.3, -0.25) is 9.59 Å². The molecule has 0 bridgehead atoms. The van der Waals surface area contributed by atoms with Crippen molar-refractivity contribution < 1.29 is 19.1 Å². The van der Waals surface area contributed by atoms with E-state index in [9.17, 15) is 14.0 Å². The van der Waals surface area contributed by atoms with E-state index in [1.54, 1.807) is 19.1 Å². The van der Waals surface area contributed by atoms with E-state index in [2.05, 4.69) is 0 Å². The zero-order valence-electron chi connectivity index (χ0n) is 10.2. The molecule has 1 N–H and O–H groups in total. The summed E-state index contributed by atoms with van der Waals surface area (Å²) in [7, 11) is 0. The summed E-state index contributed by atoms with van der Waals surface area (Å²) in [4.78, 5) is 23.8. The van der Waals surface area contributed by atoms with Crippen LogP contribution in [0.4, 0.5) is 4.39 Å². The molecule has 1 amide bonds. The van der Waals surface area contributed by atoms with Gasteiger partial charge in [-0.25, -0.2) is 4.39 Å². The van der Waals surface area contributed by atoms with Crippen LogP contribution >= 0.6 is 0 Å². The van der Waals surface area contributed by atoms with Crippen molar-refractivity contribution in [2.75, 3.05) is 13.1 Å². The molecular formula is C13H16FNO3. The molecular weight excluding hydrogens is 237 g/mol. The standard InChI is InChI=1S/C13H16FNO3/c1-2-15(8-7-13(17)18)12(16)9-10-3-5-11(14)6-4-10/h3-6H,2,7-9H2,1H3,(H,17,18). The number of hydrogen-bond donors (Lipinski definition) is 1. The van der Waals surface area contributed by atoms with E-state index in [1.807, 2.05) is 0 Å². The lowest BCUT2D eigenvalue weighted by atomic mass is 10.1. The fraction of sp³-hybridized carbons (Fsp3) is 0.385. The van der Waals surface area contributed by atoms with Gasteiger partial charge in [0.25, 0.3) is 0 Å². The smallest absolute Gasteiger partial charge is 0.305 e. The van der Waals surface area contributed by atoms with Gasteiger partial charge in [-0.05, 0) is 24.6 Å². The average molecular weight is 253 g/mol. The maximum absolute atomic E-state index is 12.7. The molecule has 5 heteroatoms. The minimum absolute atomic E-state index is 0.0665. The number of aliphatic carboxylic acids is 1. The van der Waals surface area contributed by atoms with E-state index in [-0.39, 0.29) is 31.1 Å². The molecule has 0 aliphatic rings. The first-order chi connectivity index (χ1) is 8.52. The minimum atomic E-state index is -0.928. The van der Waals surface area contributed by atoms with Crippen LogP contribution in [0.5, 0.6) is 0 Å². The molecule has 1 aromatic rings. The monoisotopic (exact) mass is 253 g/mol. The first-order valence-corrected chi connectivity index (χ1v) is 5.77. The predicted octanol–water partition coefficient (Wildman–Crippen LogP) is 1.69.